The van der Waals surface area contributed by atoms with E-state index in [4.69, 9.17) is 0 Å². The Morgan fingerprint density at radius 1 is 1.55 bits per heavy atom. The molecular weight excluding hydrogens is 154 g/mol. The van der Waals surface area contributed by atoms with E-state index >= 15 is 0 Å². The molecule has 1 rings (SSSR count). The zero-order chi connectivity index (χ0) is 8.10. The van der Waals surface area contributed by atoms with E-state index in [0.29, 0.717) is 0 Å². The summed E-state index contributed by atoms with van der Waals surface area (Å²) in [6.45, 7) is 4.49. The molecule has 11 heavy (non-hydrogen) atoms. The van der Waals surface area contributed by atoms with E-state index < -0.39 is 0 Å². The second kappa shape index (κ2) is 4.50. The van der Waals surface area contributed by atoms with Gasteiger partial charge >= 0.3 is 0 Å². The van der Waals surface area contributed by atoms with Crippen LogP contribution in [0.15, 0.2) is 12.3 Å². The molecule has 0 saturated heterocycles. The second-order valence-corrected chi connectivity index (χ2v) is 3.67. The molecule has 0 bridgehead atoms. The fraction of sp³-hybridized carbons (Fsp3) is 0.667. The minimum absolute atomic E-state index is 0.757. The fourth-order valence-corrected chi connectivity index (χ4v) is 2.13. The first kappa shape index (κ1) is 8.72. The van der Waals surface area contributed by atoms with Crippen LogP contribution in [0.25, 0.3) is 0 Å². The molecule has 0 aliphatic heterocycles. The quantitative estimate of drug-likeness (QED) is 0.673. The summed E-state index contributed by atoms with van der Waals surface area (Å²) in [6, 6.07) is 2.15. The van der Waals surface area contributed by atoms with E-state index in [1.54, 1.807) is 11.5 Å². The first-order valence-electron chi connectivity index (χ1n) is 4.29. The van der Waals surface area contributed by atoms with Crippen LogP contribution in [0.3, 0.4) is 0 Å². The monoisotopic (exact) mass is 169 g/mol. The summed E-state index contributed by atoms with van der Waals surface area (Å²) in [5, 5.41) is 0. The number of aromatic nitrogens is 1. The van der Waals surface area contributed by atoms with Gasteiger partial charge in [0.2, 0.25) is 0 Å². The molecule has 1 nitrogen and oxygen atoms in total. The maximum atomic E-state index is 4.11. The van der Waals surface area contributed by atoms with Gasteiger partial charge < -0.3 is 0 Å². The molecule has 0 saturated carbocycles. The van der Waals surface area contributed by atoms with Crippen LogP contribution in [0.1, 0.15) is 43.9 Å². The third-order valence-corrected chi connectivity index (χ3v) is 2.90. The van der Waals surface area contributed by atoms with Gasteiger partial charge in [0.05, 0.1) is 0 Å². The van der Waals surface area contributed by atoms with Gasteiger partial charge in [-0.25, -0.2) is 4.37 Å². The van der Waals surface area contributed by atoms with Crippen LogP contribution in [-0.4, -0.2) is 4.37 Å². The van der Waals surface area contributed by atoms with Gasteiger partial charge in [0.1, 0.15) is 0 Å². The predicted molar refractivity (Wildman–Crippen MR) is 50.1 cm³/mol. The van der Waals surface area contributed by atoms with Crippen molar-refractivity contribution in [2.45, 2.75) is 39.0 Å². The van der Waals surface area contributed by atoms with Crippen LogP contribution in [0.4, 0.5) is 0 Å². The van der Waals surface area contributed by atoms with E-state index in [2.05, 4.69) is 24.3 Å². The Hall–Kier alpha value is -0.370. The highest BCUT2D eigenvalue weighted by molar-refractivity contribution is 7.05. The average molecular weight is 169 g/mol. The largest absolute Gasteiger partial charge is 0.201 e. The van der Waals surface area contributed by atoms with Gasteiger partial charge in [-0.05, 0) is 36.4 Å². The van der Waals surface area contributed by atoms with Crippen LogP contribution >= 0.6 is 11.5 Å². The molecule has 0 spiro atoms. The summed E-state index contributed by atoms with van der Waals surface area (Å²) >= 11 is 1.65. The topological polar surface area (TPSA) is 12.9 Å². The molecule has 1 unspecified atom stereocenters. The maximum Gasteiger partial charge on any atom is 0.0409 e. The fourth-order valence-electron chi connectivity index (χ4n) is 1.33. The van der Waals surface area contributed by atoms with Crippen molar-refractivity contribution in [3.8, 4) is 0 Å². The molecule has 0 N–H and O–H groups in total. The smallest absolute Gasteiger partial charge is 0.0409 e. The van der Waals surface area contributed by atoms with E-state index in [1.807, 2.05) is 6.20 Å². The molecule has 2 heteroatoms. The van der Waals surface area contributed by atoms with Crippen LogP contribution in [0, 0.1) is 0 Å². The van der Waals surface area contributed by atoms with Crippen LogP contribution in [0.2, 0.25) is 0 Å². The van der Waals surface area contributed by atoms with Gasteiger partial charge in [-0.1, -0.05) is 20.3 Å². The highest BCUT2D eigenvalue weighted by atomic mass is 32.1. The molecule has 0 amide bonds. The molecule has 0 radical (unpaired) electrons. The van der Waals surface area contributed by atoms with E-state index in [-0.39, 0.29) is 0 Å². The molecular formula is C9H15NS. The third-order valence-electron chi connectivity index (χ3n) is 1.99. The standard InChI is InChI=1S/C9H15NS/c1-3-5-8(4-2)9-6-7-10-11-9/h6-8H,3-5H2,1-2H3. The van der Waals surface area contributed by atoms with Crippen molar-refractivity contribution in [3.63, 3.8) is 0 Å². The lowest BCUT2D eigenvalue weighted by molar-refractivity contribution is 0.605. The Morgan fingerprint density at radius 3 is 2.82 bits per heavy atom. The highest BCUT2D eigenvalue weighted by Gasteiger charge is 2.08. The summed E-state index contributed by atoms with van der Waals surface area (Å²) in [7, 11) is 0. The van der Waals surface area contributed by atoms with Gasteiger partial charge in [-0.15, -0.1) is 0 Å². The SMILES string of the molecule is CCCC(CC)c1ccns1. The summed E-state index contributed by atoms with van der Waals surface area (Å²) in [4.78, 5) is 1.45. The lowest BCUT2D eigenvalue weighted by Gasteiger charge is -2.09. The van der Waals surface area contributed by atoms with Crippen molar-refractivity contribution in [3.05, 3.63) is 17.1 Å². The van der Waals surface area contributed by atoms with Gasteiger partial charge in [0.15, 0.2) is 0 Å². The molecule has 0 aliphatic carbocycles. The van der Waals surface area contributed by atoms with Crippen molar-refractivity contribution < 1.29 is 0 Å². The predicted octanol–water partition coefficient (Wildman–Crippen LogP) is 3.44. The van der Waals surface area contributed by atoms with Gasteiger partial charge in [0.25, 0.3) is 0 Å². The molecule has 1 aromatic heterocycles. The highest BCUT2D eigenvalue weighted by Crippen LogP contribution is 2.26. The van der Waals surface area contributed by atoms with Crippen LogP contribution < -0.4 is 0 Å². The average Bonchev–Trinajstić information content (AvgIpc) is 2.52. The summed E-state index contributed by atoms with van der Waals surface area (Å²) in [6.07, 6.45) is 5.73. The first-order valence-corrected chi connectivity index (χ1v) is 5.06. The molecule has 0 aliphatic rings. The first-order chi connectivity index (χ1) is 5.38. The number of nitrogens with zero attached hydrogens (tertiary/aromatic N) is 1. The minimum atomic E-state index is 0.757. The zero-order valence-electron chi connectivity index (χ0n) is 7.21. The third kappa shape index (κ3) is 2.29. The van der Waals surface area contributed by atoms with Gasteiger partial charge in [0, 0.05) is 11.1 Å². The molecule has 1 atom stereocenters. The summed E-state index contributed by atoms with van der Waals surface area (Å²) in [5.41, 5.74) is 0. The summed E-state index contributed by atoms with van der Waals surface area (Å²) < 4.78 is 4.11. The molecule has 1 aromatic rings. The normalized spacial score (nSPS) is 13.3. The van der Waals surface area contributed by atoms with E-state index in [1.165, 1.54) is 24.1 Å². The second-order valence-electron chi connectivity index (χ2n) is 2.81. The Morgan fingerprint density at radius 2 is 2.36 bits per heavy atom. The maximum absolute atomic E-state index is 4.11. The van der Waals surface area contributed by atoms with E-state index in [9.17, 15) is 0 Å². The summed E-state index contributed by atoms with van der Waals surface area (Å²) in [5.74, 6) is 0.757. The number of hydrogen-bond donors (Lipinski definition) is 0. The van der Waals surface area contributed by atoms with Gasteiger partial charge in [-0.3, -0.25) is 0 Å². The molecule has 1 heterocycles. The number of rotatable bonds is 4. The van der Waals surface area contributed by atoms with Crippen molar-refractivity contribution in [1.29, 1.82) is 0 Å². The Kier molecular flexibility index (Phi) is 3.57. The Labute approximate surface area is 72.6 Å². The lowest BCUT2D eigenvalue weighted by Crippen LogP contribution is -1.92. The van der Waals surface area contributed by atoms with E-state index in [0.717, 1.165) is 5.92 Å². The van der Waals surface area contributed by atoms with Gasteiger partial charge in [-0.2, -0.15) is 0 Å². The number of hydrogen-bond acceptors (Lipinski definition) is 2. The van der Waals surface area contributed by atoms with Crippen LogP contribution in [-0.2, 0) is 0 Å². The Balaban J connectivity index is 2.56. The molecule has 0 aromatic carbocycles. The van der Waals surface area contributed by atoms with Crippen molar-refractivity contribution in [2.24, 2.45) is 0 Å². The minimum Gasteiger partial charge on any atom is -0.201 e. The Bertz CT molecular complexity index is 181. The molecule has 62 valence electrons. The van der Waals surface area contributed by atoms with Crippen LogP contribution in [0.5, 0.6) is 0 Å². The van der Waals surface area contributed by atoms with Crippen molar-refractivity contribution in [2.75, 3.05) is 0 Å². The van der Waals surface area contributed by atoms with Crippen molar-refractivity contribution >= 4 is 11.5 Å². The molecule has 0 fully saturated rings. The van der Waals surface area contributed by atoms with Crippen molar-refractivity contribution in [1.82, 2.24) is 4.37 Å². The zero-order valence-corrected chi connectivity index (χ0v) is 8.03. The lowest BCUT2D eigenvalue weighted by atomic mass is 9.99.